The number of rotatable bonds is 2. The predicted molar refractivity (Wildman–Crippen MR) is 45.4 cm³/mol. The molecule has 1 rings (SSSR count). The van der Waals surface area contributed by atoms with Crippen LogP contribution in [0.5, 0.6) is 0 Å². The summed E-state index contributed by atoms with van der Waals surface area (Å²) in [5, 5.41) is 0. The first kappa shape index (κ1) is 10.1. The first-order valence-corrected chi connectivity index (χ1v) is 4.64. The Hall–Kier alpha value is 0.01000. The van der Waals surface area contributed by atoms with Crippen molar-refractivity contribution in [2.75, 3.05) is 13.2 Å². The molecule has 3 nitrogen and oxygen atoms in total. The van der Waals surface area contributed by atoms with Gasteiger partial charge in [-0.1, -0.05) is 23.2 Å². The number of alkyl halides is 2. The summed E-state index contributed by atoms with van der Waals surface area (Å²) < 4.78 is 10.1. The lowest BCUT2D eigenvalue weighted by Gasteiger charge is -2.22. The molecule has 0 radical (unpaired) electrons. The molecule has 0 aromatic heterocycles. The Bertz CT molecular complexity index is 155. The quantitative estimate of drug-likeness (QED) is 0.515. The second kappa shape index (κ2) is 4.90. The van der Waals surface area contributed by atoms with E-state index in [-0.39, 0.29) is 6.10 Å². The molecule has 1 heterocycles. The highest BCUT2D eigenvalue weighted by Gasteiger charge is 2.21. The van der Waals surface area contributed by atoms with Gasteiger partial charge in [0.2, 0.25) is 4.84 Å². The van der Waals surface area contributed by atoms with E-state index in [4.69, 9.17) is 32.7 Å². The standard InChI is InChI=1S/C7H10Cl2O3/c8-6(9)7(10)12-5-1-3-11-4-2-5/h5-6H,1-4H2. The van der Waals surface area contributed by atoms with Crippen LogP contribution in [0.15, 0.2) is 0 Å². The van der Waals surface area contributed by atoms with Gasteiger partial charge in [-0.25, -0.2) is 4.79 Å². The maximum Gasteiger partial charge on any atom is 0.339 e. The van der Waals surface area contributed by atoms with E-state index in [0.29, 0.717) is 13.2 Å². The van der Waals surface area contributed by atoms with Crippen molar-refractivity contribution in [1.82, 2.24) is 0 Å². The number of carbonyl (C=O) groups excluding carboxylic acids is 1. The summed E-state index contributed by atoms with van der Waals surface area (Å²) in [7, 11) is 0. The van der Waals surface area contributed by atoms with Crippen LogP contribution in [-0.4, -0.2) is 30.1 Å². The molecule has 0 saturated carbocycles. The van der Waals surface area contributed by atoms with E-state index >= 15 is 0 Å². The van der Waals surface area contributed by atoms with Crippen molar-refractivity contribution in [2.24, 2.45) is 0 Å². The van der Waals surface area contributed by atoms with Gasteiger partial charge in [-0.15, -0.1) is 0 Å². The van der Waals surface area contributed by atoms with Crippen molar-refractivity contribution in [3.63, 3.8) is 0 Å². The smallest absolute Gasteiger partial charge is 0.339 e. The van der Waals surface area contributed by atoms with E-state index in [1.54, 1.807) is 0 Å². The third-order valence-electron chi connectivity index (χ3n) is 1.63. The highest BCUT2D eigenvalue weighted by Crippen LogP contribution is 2.13. The van der Waals surface area contributed by atoms with Crippen molar-refractivity contribution in [2.45, 2.75) is 23.8 Å². The van der Waals surface area contributed by atoms with Crippen molar-refractivity contribution >= 4 is 29.2 Å². The summed E-state index contributed by atoms with van der Waals surface area (Å²) in [5.41, 5.74) is 0. The predicted octanol–water partition coefficient (Wildman–Crippen LogP) is 1.51. The lowest BCUT2D eigenvalue weighted by Crippen LogP contribution is -2.28. The summed E-state index contributed by atoms with van der Waals surface area (Å²) in [4.78, 5) is 9.81. The van der Waals surface area contributed by atoms with E-state index in [2.05, 4.69) is 0 Å². The van der Waals surface area contributed by atoms with Crippen LogP contribution >= 0.6 is 23.2 Å². The maximum atomic E-state index is 10.9. The summed E-state index contributed by atoms with van der Waals surface area (Å²) in [6, 6.07) is 0. The molecule has 0 atom stereocenters. The molecule has 1 aliphatic heterocycles. The Morgan fingerprint density at radius 3 is 2.50 bits per heavy atom. The molecule has 70 valence electrons. The van der Waals surface area contributed by atoms with Crippen LogP contribution in [0, 0.1) is 0 Å². The van der Waals surface area contributed by atoms with Crippen LogP contribution < -0.4 is 0 Å². The van der Waals surface area contributed by atoms with Crippen molar-refractivity contribution < 1.29 is 14.3 Å². The monoisotopic (exact) mass is 212 g/mol. The second-order valence-corrected chi connectivity index (χ2v) is 3.65. The largest absolute Gasteiger partial charge is 0.460 e. The lowest BCUT2D eigenvalue weighted by atomic mass is 10.2. The third kappa shape index (κ3) is 3.17. The van der Waals surface area contributed by atoms with Crippen LogP contribution in [0.4, 0.5) is 0 Å². The average Bonchev–Trinajstić information content (AvgIpc) is 2.06. The molecule has 0 bridgehead atoms. The van der Waals surface area contributed by atoms with Crippen LogP contribution in [-0.2, 0) is 14.3 Å². The fraction of sp³-hybridized carbons (Fsp3) is 0.857. The number of ether oxygens (including phenoxy) is 2. The molecule has 0 aromatic rings. The maximum absolute atomic E-state index is 10.9. The zero-order chi connectivity index (χ0) is 8.97. The molecule has 0 aliphatic carbocycles. The zero-order valence-electron chi connectivity index (χ0n) is 6.46. The van der Waals surface area contributed by atoms with Crippen LogP contribution in [0.25, 0.3) is 0 Å². The molecule has 0 spiro atoms. The number of hydrogen-bond donors (Lipinski definition) is 0. The van der Waals surface area contributed by atoms with Gasteiger partial charge in [0.15, 0.2) is 0 Å². The Kier molecular flexibility index (Phi) is 4.12. The van der Waals surface area contributed by atoms with Crippen LogP contribution in [0.1, 0.15) is 12.8 Å². The summed E-state index contributed by atoms with van der Waals surface area (Å²) in [6.07, 6.45) is 1.38. The van der Waals surface area contributed by atoms with Gasteiger partial charge in [0.25, 0.3) is 0 Å². The molecule has 5 heteroatoms. The zero-order valence-corrected chi connectivity index (χ0v) is 7.98. The Morgan fingerprint density at radius 1 is 1.42 bits per heavy atom. The van der Waals surface area contributed by atoms with Crippen LogP contribution in [0.2, 0.25) is 0 Å². The SMILES string of the molecule is O=C(OC1CCOCC1)C(Cl)Cl. The molecular weight excluding hydrogens is 203 g/mol. The Labute approximate surface area is 80.9 Å². The molecule has 1 saturated heterocycles. The average molecular weight is 213 g/mol. The number of halogens is 2. The van der Waals surface area contributed by atoms with Crippen molar-refractivity contribution in [1.29, 1.82) is 0 Å². The topological polar surface area (TPSA) is 35.5 Å². The molecule has 1 aliphatic rings. The fourth-order valence-electron chi connectivity index (χ4n) is 1.01. The van der Waals surface area contributed by atoms with E-state index in [9.17, 15) is 4.79 Å². The van der Waals surface area contributed by atoms with Gasteiger partial charge in [0.1, 0.15) is 6.10 Å². The molecule has 0 amide bonds. The summed E-state index contributed by atoms with van der Waals surface area (Å²) >= 11 is 10.6. The van der Waals surface area contributed by atoms with Gasteiger partial charge >= 0.3 is 5.97 Å². The van der Waals surface area contributed by atoms with Gasteiger partial charge in [0.05, 0.1) is 13.2 Å². The number of hydrogen-bond acceptors (Lipinski definition) is 3. The molecule has 0 aromatic carbocycles. The van der Waals surface area contributed by atoms with Gasteiger partial charge in [-0.3, -0.25) is 0 Å². The van der Waals surface area contributed by atoms with Gasteiger partial charge in [-0.2, -0.15) is 0 Å². The fourth-order valence-corrected chi connectivity index (χ4v) is 1.11. The Balaban J connectivity index is 2.24. The van der Waals surface area contributed by atoms with Gasteiger partial charge < -0.3 is 9.47 Å². The molecular formula is C7H10Cl2O3. The van der Waals surface area contributed by atoms with Crippen molar-refractivity contribution in [3.05, 3.63) is 0 Å². The van der Waals surface area contributed by atoms with E-state index < -0.39 is 10.8 Å². The van der Waals surface area contributed by atoms with Crippen LogP contribution in [0.3, 0.4) is 0 Å². The number of carbonyl (C=O) groups is 1. The van der Waals surface area contributed by atoms with E-state index in [1.807, 2.05) is 0 Å². The summed E-state index contributed by atoms with van der Waals surface area (Å²) in [6.45, 7) is 1.26. The highest BCUT2D eigenvalue weighted by atomic mass is 35.5. The minimum atomic E-state index is -1.08. The van der Waals surface area contributed by atoms with E-state index in [0.717, 1.165) is 12.8 Å². The van der Waals surface area contributed by atoms with Gasteiger partial charge in [-0.05, 0) is 0 Å². The number of esters is 1. The molecule has 12 heavy (non-hydrogen) atoms. The lowest BCUT2D eigenvalue weighted by molar-refractivity contribution is -0.150. The van der Waals surface area contributed by atoms with E-state index in [1.165, 1.54) is 0 Å². The highest BCUT2D eigenvalue weighted by molar-refractivity contribution is 6.52. The first-order valence-electron chi connectivity index (χ1n) is 3.76. The molecule has 1 fully saturated rings. The summed E-state index contributed by atoms with van der Waals surface area (Å²) in [5.74, 6) is -0.565. The molecule has 0 N–H and O–H groups in total. The van der Waals surface area contributed by atoms with Crippen molar-refractivity contribution in [3.8, 4) is 0 Å². The third-order valence-corrected chi connectivity index (χ3v) is 1.99. The molecule has 0 unspecified atom stereocenters. The van der Waals surface area contributed by atoms with Gasteiger partial charge in [0, 0.05) is 12.8 Å². The first-order chi connectivity index (χ1) is 5.70. The second-order valence-electron chi connectivity index (χ2n) is 2.55. The minimum Gasteiger partial charge on any atom is -0.460 e. The normalized spacial score (nSPS) is 19.6. The minimum absolute atomic E-state index is 0.0775. The Morgan fingerprint density at radius 2 is 2.00 bits per heavy atom.